The summed E-state index contributed by atoms with van der Waals surface area (Å²) in [6.45, 7) is 1.87. The average molecular weight is 528 g/mol. The van der Waals surface area contributed by atoms with Crippen LogP contribution in [0.25, 0.3) is 21.8 Å². The molecule has 5 rings (SSSR count). The predicted octanol–water partition coefficient (Wildman–Crippen LogP) is 4.72. The van der Waals surface area contributed by atoms with Crippen LogP contribution < -0.4 is 9.62 Å². The molecule has 5 aromatic rings. The van der Waals surface area contributed by atoms with Crippen molar-refractivity contribution in [2.75, 3.05) is 17.9 Å². The van der Waals surface area contributed by atoms with Gasteiger partial charge in [-0.2, -0.15) is 0 Å². The van der Waals surface area contributed by atoms with Gasteiger partial charge in [-0.15, -0.1) is 0 Å². The lowest BCUT2D eigenvalue weighted by molar-refractivity contribution is 0.0963. The molecule has 0 saturated carbocycles. The Kier molecular flexibility index (Phi) is 6.93. The van der Waals surface area contributed by atoms with Crippen LogP contribution in [0.3, 0.4) is 0 Å². The molecule has 7 nitrogen and oxygen atoms in total. The van der Waals surface area contributed by atoms with Gasteiger partial charge in [0.05, 0.1) is 29.8 Å². The van der Waals surface area contributed by atoms with Gasteiger partial charge in [0.2, 0.25) is 0 Å². The number of hydrogen-bond donors (Lipinski definition) is 2. The summed E-state index contributed by atoms with van der Waals surface area (Å²) in [5.74, 6) is -0.328. The van der Waals surface area contributed by atoms with Crippen molar-refractivity contribution >= 4 is 43.4 Å². The molecule has 194 valence electrons. The minimum atomic E-state index is -4.05. The minimum Gasteiger partial charge on any atom is -0.389 e. The van der Waals surface area contributed by atoms with E-state index in [4.69, 9.17) is 0 Å². The second kappa shape index (κ2) is 10.3. The lowest BCUT2D eigenvalue weighted by Gasteiger charge is -2.28. The van der Waals surface area contributed by atoms with Crippen molar-refractivity contribution in [1.29, 1.82) is 0 Å². The molecule has 0 aliphatic heterocycles. The van der Waals surface area contributed by atoms with Gasteiger partial charge in [0.1, 0.15) is 0 Å². The molecule has 0 fully saturated rings. The molecule has 4 aromatic carbocycles. The second-order valence-electron chi connectivity index (χ2n) is 9.28. The molecule has 2 N–H and O–H groups in total. The molecule has 1 amide bonds. The summed E-state index contributed by atoms with van der Waals surface area (Å²) in [5, 5.41) is 16.0. The Balaban J connectivity index is 1.55. The zero-order valence-electron chi connectivity index (χ0n) is 21.2. The molecule has 38 heavy (non-hydrogen) atoms. The highest BCUT2D eigenvalue weighted by Gasteiger charge is 2.28. The van der Waals surface area contributed by atoms with Crippen LogP contribution in [0, 0.1) is 6.92 Å². The number of nitrogens with one attached hydrogen (secondary N) is 1. The number of rotatable bonds is 8. The summed E-state index contributed by atoms with van der Waals surface area (Å²) in [6.07, 6.45) is -1.04. The molecule has 1 aromatic heterocycles. The van der Waals surface area contributed by atoms with E-state index in [1.165, 1.54) is 17.4 Å². The first-order chi connectivity index (χ1) is 18.3. The van der Waals surface area contributed by atoms with Gasteiger partial charge in [-0.3, -0.25) is 9.10 Å². The van der Waals surface area contributed by atoms with Gasteiger partial charge in [-0.1, -0.05) is 60.2 Å². The van der Waals surface area contributed by atoms with E-state index >= 15 is 0 Å². The molecule has 0 bridgehead atoms. The molecular weight excluding hydrogens is 498 g/mol. The Hall–Kier alpha value is -4.14. The molecule has 0 saturated heterocycles. The Morgan fingerprint density at radius 1 is 0.895 bits per heavy atom. The number of aliphatic hydroxyl groups is 1. The SMILES string of the molecule is CNC(=O)c1cccc(N(C[C@@H](O)Cn2c3ccccc3c3ccccc32)S(=O)(=O)c2ccc(C)cc2)c1. The van der Waals surface area contributed by atoms with Crippen LogP contribution in [-0.4, -0.2) is 43.7 Å². The smallest absolute Gasteiger partial charge is 0.264 e. The summed E-state index contributed by atoms with van der Waals surface area (Å²) in [7, 11) is -2.53. The second-order valence-corrected chi connectivity index (χ2v) is 11.1. The fourth-order valence-corrected chi connectivity index (χ4v) is 6.28. The van der Waals surface area contributed by atoms with E-state index in [1.54, 1.807) is 42.5 Å². The van der Waals surface area contributed by atoms with Gasteiger partial charge < -0.3 is 15.0 Å². The zero-order valence-corrected chi connectivity index (χ0v) is 22.0. The Morgan fingerprint density at radius 2 is 1.50 bits per heavy atom. The number of sulfonamides is 1. The van der Waals surface area contributed by atoms with Gasteiger partial charge in [-0.05, 0) is 49.4 Å². The number of nitrogens with zero attached hydrogens (tertiary/aromatic N) is 2. The maximum atomic E-state index is 13.9. The van der Waals surface area contributed by atoms with Crippen molar-refractivity contribution in [1.82, 2.24) is 9.88 Å². The van der Waals surface area contributed by atoms with E-state index in [-0.39, 0.29) is 23.9 Å². The molecule has 0 unspecified atom stereocenters. The molecule has 8 heteroatoms. The normalized spacial score (nSPS) is 12.5. The van der Waals surface area contributed by atoms with Crippen molar-refractivity contribution in [3.05, 3.63) is 108 Å². The summed E-state index contributed by atoms with van der Waals surface area (Å²) in [4.78, 5) is 12.4. The predicted molar refractivity (Wildman–Crippen MR) is 151 cm³/mol. The van der Waals surface area contributed by atoms with Gasteiger partial charge in [0, 0.05) is 34.4 Å². The third-order valence-corrected chi connectivity index (χ3v) is 8.49. The quantitative estimate of drug-likeness (QED) is 0.306. The minimum absolute atomic E-state index is 0.109. The number of aryl methyl sites for hydroxylation is 1. The summed E-state index contributed by atoms with van der Waals surface area (Å²) in [5.41, 5.74) is 3.48. The van der Waals surface area contributed by atoms with Crippen LogP contribution in [0.2, 0.25) is 0 Å². The maximum absolute atomic E-state index is 13.9. The van der Waals surface area contributed by atoms with E-state index in [0.29, 0.717) is 11.3 Å². The molecule has 0 aliphatic carbocycles. The zero-order chi connectivity index (χ0) is 26.9. The van der Waals surface area contributed by atoms with E-state index in [2.05, 4.69) is 5.32 Å². The topological polar surface area (TPSA) is 91.6 Å². The van der Waals surface area contributed by atoms with Gasteiger partial charge in [0.15, 0.2) is 0 Å². The highest BCUT2D eigenvalue weighted by molar-refractivity contribution is 7.92. The molecule has 0 radical (unpaired) electrons. The first kappa shape index (κ1) is 25.5. The fraction of sp³-hybridized carbons (Fsp3) is 0.167. The first-order valence-electron chi connectivity index (χ1n) is 12.3. The van der Waals surface area contributed by atoms with E-state index in [9.17, 15) is 18.3 Å². The number of anilines is 1. The van der Waals surface area contributed by atoms with Gasteiger partial charge >= 0.3 is 0 Å². The van der Waals surface area contributed by atoms with Crippen molar-refractivity contribution in [3.8, 4) is 0 Å². The summed E-state index contributed by atoms with van der Waals surface area (Å²) >= 11 is 0. The third kappa shape index (κ3) is 4.76. The highest BCUT2D eigenvalue weighted by atomic mass is 32.2. The number of benzene rings is 4. The Bertz CT molecular complexity index is 1670. The van der Waals surface area contributed by atoms with Crippen LogP contribution in [-0.2, 0) is 16.6 Å². The molecule has 0 aliphatic rings. The van der Waals surface area contributed by atoms with Crippen molar-refractivity contribution in [2.45, 2.75) is 24.5 Å². The molecule has 1 atom stereocenters. The molecule has 1 heterocycles. The molecule has 0 spiro atoms. The van der Waals surface area contributed by atoms with Crippen LogP contribution in [0.15, 0.2) is 102 Å². The Labute approximate surface area is 222 Å². The number of aliphatic hydroxyl groups excluding tert-OH is 1. The van der Waals surface area contributed by atoms with Crippen LogP contribution in [0.1, 0.15) is 15.9 Å². The number of fused-ring (bicyclic) bond motifs is 3. The van der Waals surface area contributed by atoms with Gasteiger partial charge in [0.25, 0.3) is 15.9 Å². The van der Waals surface area contributed by atoms with E-state index in [1.807, 2.05) is 60.0 Å². The average Bonchev–Trinajstić information content (AvgIpc) is 3.25. The number of aromatic nitrogens is 1. The monoisotopic (exact) mass is 527 g/mol. The number of hydrogen-bond acceptors (Lipinski definition) is 4. The van der Waals surface area contributed by atoms with Crippen LogP contribution in [0.4, 0.5) is 5.69 Å². The van der Waals surface area contributed by atoms with Crippen molar-refractivity contribution in [3.63, 3.8) is 0 Å². The van der Waals surface area contributed by atoms with Crippen LogP contribution in [0.5, 0.6) is 0 Å². The first-order valence-corrected chi connectivity index (χ1v) is 13.8. The van der Waals surface area contributed by atoms with Crippen LogP contribution >= 0.6 is 0 Å². The number of carbonyl (C=O) groups is 1. The number of amides is 1. The van der Waals surface area contributed by atoms with Crippen molar-refractivity contribution in [2.24, 2.45) is 0 Å². The van der Waals surface area contributed by atoms with E-state index in [0.717, 1.165) is 27.4 Å². The number of carbonyl (C=O) groups excluding carboxylic acids is 1. The largest absolute Gasteiger partial charge is 0.389 e. The third-order valence-electron chi connectivity index (χ3n) is 6.68. The Morgan fingerprint density at radius 3 is 2.11 bits per heavy atom. The molecular formula is C30H29N3O4S. The highest BCUT2D eigenvalue weighted by Crippen LogP contribution is 2.30. The number of para-hydroxylation sites is 2. The summed E-state index contributed by atoms with van der Waals surface area (Å²) in [6, 6.07) is 28.9. The lowest BCUT2D eigenvalue weighted by Crippen LogP contribution is -2.39. The van der Waals surface area contributed by atoms with Crippen molar-refractivity contribution < 1.29 is 18.3 Å². The lowest BCUT2D eigenvalue weighted by atomic mass is 10.2. The summed E-state index contributed by atoms with van der Waals surface area (Å²) < 4.78 is 30.9. The van der Waals surface area contributed by atoms with E-state index < -0.39 is 16.1 Å². The standard InChI is InChI=1S/C30H29N3O4S/c1-21-14-16-25(17-15-21)38(36,37)33(23-9-7-8-22(18-23)30(35)31-2)20-24(34)19-32-28-12-5-3-10-26(28)27-11-4-6-13-29(27)32/h3-18,24,34H,19-20H2,1-2H3,(H,31,35)/t24-/m0/s1. The maximum Gasteiger partial charge on any atom is 0.264 e. The fourth-order valence-electron chi connectivity index (χ4n) is 4.79. The van der Waals surface area contributed by atoms with Gasteiger partial charge in [-0.25, -0.2) is 8.42 Å².